The molecule has 0 aliphatic heterocycles. The molecular formula is C26H37FN4O. The molecule has 5 nitrogen and oxygen atoms in total. The van der Waals surface area contributed by atoms with Gasteiger partial charge in [-0.1, -0.05) is 19.1 Å². The standard InChI is InChI=1S/C26H37FN4O/c1-18(16-32-3)30-20-7-9-21(10-8-20)31-25-14-23(24(27)15-28-25)19-5-4-6-22(13-19)29-17-26(2)11-12-26/h4-6,13-15,18,20-21,29-30H,7-12,16-17H2,1-3H3,(H,28,31)/t18-,20-,21-/m0/s1. The molecule has 2 fully saturated rings. The second-order valence-corrected chi connectivity index (χ2v) is 10.0. The summed E-state index contributed by atoms with van der Waals surface area (Å²) in [5.74, 6) is 0.455. The highest BCUT2D eigenvalue weighted by Crippen LogP contribution is 2.44. The molecule has 0 amide bonds. The van der Waals surface area contributed by atoms with Gasteiger partial charge in [-0.25, -0.2) is 9.37 Å². The summed E-state index contributed by atoms with van der Waals surface area (Å²) < 4.78 is 19.9. The average molecular weight is 441 g/mol. The fourth-order valence-corrected chi connectivity index (χ4v) is 4.56. The number of anilines is 2. The van der Waals surface area contributed by atoms with Gasteiger partial charge >= 0.3 is 0 Å². The first-order valence-electron chi connectivity index (χ1n) is 12.0. The minimum atomic E-state index is -0.290. The Morgan fingerprint density at radius 1 is 1.16 bits per heavy atom. The zero-order valence-electron chi connectivity index (χ0n) is 19.6. The molecule has 32 heavy (non-hydrogen) atoms. The van der Waals surface area contributed by atoms with Crippen LogP contribution in [0.25, 0.3) is 11.1 Å². The van der Waals surface area contributed by atoms with Gasteiger partial charge in [-0.05, 0) is 74.6 Å². The van der Waals surface area contributed by atoms with Gasteiger partial charge in [0.25, 0.3) is 0 Å². The van der Waals surface area contributed by atoms with Crippen LogP contribution in [0.1, 0.15) is 52.4 Å². The third-order valence-electron chi connectivity index (χ3n) is 6.87. The Labute approximate surface area is 191 Å². The van der Waals surface area contributed by atoms with Crippen LogP contribution in [-0.4, -0.2) is 43.4 Å². The number of nitrogens with one attached hydrogen (secondary N) is 3. The van der Waals surface area contributed by atoms with Crippen molar-refractivity contribution in [2.75, 3.05) is 30.9 Å². The van der Waals surface area contributed by atoms with E-state index < -0.39 is 0 Å². The lowest BCUT2D eigenvalue weighted by Crippen LogP contribution is -2.42. The molecule has 1 aromatic heterocycles. The third kappa shape index (κ3) is 6.20. The van der Waals surface area contributed by atoms with E-state index in [-0.39, 0.29) is 5.82 Å². The summed E-state index contributed by atoms with van der Waals surface area (Å²) in [7, 11) is 1.74. The molecule has 2 aliphatic carbocycles. The number of hydrogen-bond acceptors (Lipinski definition) is 5. The number of hydrogen-bond donors (Lipinski definition) is 3. The largest absolute Gasteiger partial charge is 0.384 e. The van der Waals surface area contributed by atoms with Gasteiger partial charge < -0.3 is 20.7 Å². The molecule has 2 aromatic rings. The van der Waals surface area contributed by atoms with Crippen LogP contribution < -0.4 is 16.0 Å². The third-order valence-corrected chi connectivity index (χ3v) is 6.87. The highest BCUT2D eigenvalue weighted by Gasteiger charge is 2.36. The van der Waals surface area contributed by atoms with E-state index in [1.807, 2.05) is 30.3 Å². The number of pyridine rings is 1. The number of aromatic nitrogens is 1. The molecule has 0 radical (unpaired) electrons. The fraction of sp³-hybridized carbons (Fsp3) is 0.577. The summed E-state index contributed by atoms with van der Waals surface area (Å²) in [4.78, 5) is 4.32. The van der Waals surface area contributed by atoms with Crippen molar-refractivity contribution in [1.82, 2.24) is 10.3 Å². The van der Waals surface area contributed by atoms with Crippen molar-refractivity contribution in [3.8, 4) is 11.1 Å². The molecule has 0 saturated heterocycles. The van der Waals surface area contributed by atoms with Gasteiger partial charge in [-0.3, -0.25) is 0 Å². The molecule has 3 N–H and O–H groups in total. The van der Waals surface area contributed by atoms with Crippen LogP contribution >= 0.6 is 0 Å². The second kappa shape index (κ2) is 10.2. The minimum absolute atomic E-state index is 0.290. The fourth-order valence-electron chi connectivity index (χ4n) is 4.56. The Balaban J connectivity index is 1.36. The van der Waals surface area contributed by atoms with E-state index in [2.05, 4.69) is 34.8 Å². The topological polar surface area (TPSA) is 58.2 Å². The molecule has 1 atom stereocenters. The van der Waals surface area contributed by atoms with Crippen molar-refractivity contribution in [1.29, 1.82) is 0 Å². The molecule has 4 rings (SSSR count). The summed E-state index contributed by atoms with van der Waals surface area (Å²) in [5.41, 5.74) is 2.92. The zero-order valence-corrected chi connectivity index (χ0v) is 19.6. The number of halogens is 1. The smallest absolute Gasteiger partial charge is 0.149 e. The van der Waals surface area contributed by atoms with Gasteiger partial charge in [-0.15, -0.1) is 0 Å². The van der Waals surface area contributed by atoms with Gasteiger partial charge in [0, 0.05) is 43.0 Å². The van der Waals surface area contributed by atoms with Gasteiger partial charge in [-0.2, -0.15) is 0 Å². The molecule has 1 aromatic carbocycles. The SMILES string of the molecule is COC[C@H](C)N[C@H]1CC[C@H](Nc2cc(-c3cccc(NCC4(C)CC4)c3)c(F)cn2)CC1. The van der Waals surface area contributed by atoms with Crippen LogP contribution in [0.3, 0.4) is 0 Å². The van der Waals surface area contributed by atoms with Crippen LogP contribution in [0.15, 0.2) is 36.5 Å². The van der Waals surface area contributed by atoms with Crippen molar-refractivity contribution in [3.05, 3.63) is 42.3 Å². The molecule has 0 bridgehead atoms. The lowest BCUT2D eigenvalue weighted by molar-refractivity contribution is 0.161. The number of nitrogens with zero attached hydrogens (tertiary/aromatic N) is 1. The summed E-state index contributed by atoms with van der Waals surface area (Å²) in [6, 6.07) is 11.1. The number of ether oxygens (including phenoxy) is 1. The van der Waals surface area contributed by atoms with Crippen LogP contribution in [-0.2, 0) is 4.74 Å². The number of rotatable bonds is 10. The first-order valence-corrected chi connectivity index (χ1v) is 12.0. The minimum Gasteiger partial charge on any atom is -0.384 e. The van der Waals surface area contributed by atoms with Crippen molar-refractivity contribution in [2.45, 2.75) is 70.5 Å². The molecule has 2 saturated carbocycles. The Morgan fingerprint density at radius 2 is 1.91 bits per heavy atom. The van der Waals surface area contributed by atoms with Crippen LogP contribution in [0, 0.1) is 11.2 Å². The van der Waals surface area contributed by atoms with Crippen LogP contribution in [0.2, 0.25) is 0 Å². The number of benzene rings is 1. The van der Waals surface area contributed by atoms with Gasteiger partial charge in [0.05, 0.1) is 12.8 Å². The lowest BCUT2D eigenvalue weighted by Gasteiger charge is -2.31. The maximum atomic E-state index is 14.7. The van der Waals surface area contributed by atoms with Crippen molar-refractivity contribution in [3.63, 3.8) is 0 Å². The monoisotopic (exact) mass is 440 g/mol. The summed E-state index contributed by atoms with van der Waals surface area (Å²) >= 11 is 0. The van der Waals surface area contributed by atoms with Crippen LogP contribution in [0.4, 0.5) is 15.9 Å². The molecule has 2 aliphatic rings. The highest BCUT2D eigenvalue weighted by atomic mass is 19.1. The Bertz CT molecular complexity index is 893. The number of methoxy groups -OCH3 is 1. The van der Waals surface area contributed by atoms with E-state index in [0.717, 1.165) is 55.9 Å². The highest BCUT2D eigenvalue weighted by molar-refractivity contribution is 5.70. The van der Waals surface area contributed by atoms with E-state index in [0.29, 0.717) is 29.1 Å². The predicted molar refractivity (Wildman–Crippen MR) is 130 cm³/mol. The van der Waals surface area contributed by atoms with Gasteiger partial charge in [0.15, 0.2) is 0 Å². The van der Waals surface area contributed by atoms with Gasteiger partial charge in [0.2, 0.25) is 0 Å². The zero-order chi connectivity index (χ0) is 22.6. The molecule has 6 heteroatoms. The van der Waals surface area contributed by atoms with E-state index >= 15 is 0 Å². The lowest BCUT2D eigenvalue weighted by atomic mass is 9.90. The Hall–Kier alpha value is -2.18. The summed E-state index contributed by atoms with van der Waals surface area (Å²) in [6.45, 7) is 6.16. The van der Waals surface area contributed by atoms with E-state index in [4.69, 9.17) is 4.74 Å². The van der Waals surface area contributed by atoms with Gasteiger partial charge in [0.1, 0.15) is 11.6 Å². The average Bonchev–Trinajstić information content (AvgIpc) is 3.53. The van der Waals surface area contributed by atoms with Crippen molar-refractivity contribution < 1.29 is 9.13 Å². The first kappa shape index (κ1) is 23.0. The predicted octanol–water partition coefficient (Wildman–Crippen LogP) is 5.45. The van der Waals surface area contributed by atoms with Crippen molar-refractivity contribution in [2.24, 2.45) is 5.41 Å². The summed E-state index contributed by atoms with van der Waals surface area (Å²) in [5, 5.41) is 10.7. The maximum Gasteiger partial charge on any atom is 0.149 e. The quantitative estimate of drug-likeness (QED) is 0.459. The van der Waals surface area contributed by atoms with Crippen LogP contribution in [0.5, 0.6) is 0 Å². The molecule has 1 heterocycles. The summed E-state index contributed by atoms with van der Waals surface area (Å²) in [6.07, 6.45) is 8.27. The maximum absolute atomic E-state index is 14.7. The van der Waals surface area contributed by atoms with E-state index in [9.17, 15) is 4.39 Å². The van der Waals surface area contributed by atoms with E-state index in [1.165, 1.54) is 19.0 Å². The first-order chi connectivity index (χ1) is 15.4. The van der Waals surface area contributed by atoms with Crippen molar-refractivity contribution >= 4 is 11.5 Å². The second-order valence-electron chi connectivity index (χ2n) is 10.0. The molecular weight excluding hydrogens is 403 g/mol. The normalized spacial score (nSPS) is 22.9. The molecule has 174 valence electrons. The Morgan fingerprint density at radius 3 is 2.62 bits per heavy atom. The molecule has 0 spiro atoms. The Kier molecular flexibility index (Phi) is 7.31. The van der Waals surface area contributed by atoms with E-state index in [1.54, 1.807) is 7.11 Å². The molecule has 0 unspecified atom stereocenters.